The highest BCUT2D eigenvalue weighted by Gasteiger charge is 2.14. The number of rotatable bonds is 2. The van der Waals surface area contributed by atoms with Gasteiger partial charge in [-0.25, -0.2) is 0 Å². The highest BCUT2D eigenvalue weighted by molar-refractivity contribution is 5.93. The number of hydrogen-bond donors (Lipinski definition) is 0. The molecular formula is C15H16O. The maximum absolute atomic E-state index is 11.2. The molecule has 0 radical (unpaired) electrons. The molecule has 0 aromatic heterocycles. The van der Waals surface area contributed by atoms with Crippen molar-refractivity contribution in [2.75, 3.05) is 0 Å². The van der Waals surface area contributed by atoms with E-state index in [0.717, 1.165) is 19.3 Å². The average molecular weight is 212 g/mol. The van der Waals surface area contributed by atoms with E-state index in [-0.39, 0.29) is 0 Å². The summed E-state index contributed by atoms with van der Waals surface area (Å²) in [4.78, 5) is 11.2. The maximum atomic E-state index is 11.2. The lowest BCUT2D eigenvalue weighted by Gasteiger charge is -2.05. The van der Waals surface area contributed by atoms with Crippen molar-refractivity contribution in [3.8, 4) is 0 Å². The summed E-state index contributed by atoms with van der Waals surface area (Å²) in [6.07, 6.45) is 8.29. The van der Waals surface area contributed by atoms with Crippen molar-refractivity contribution in [1.82, 2.24) is 0 Å². The molecule has 0 aliphatic heterocycles. The molecule has 16 heavy (non-hydrogen) atoms. The summed E-state index contributed by atoms with van der Waals surface area (Å²) in [5.74, 6) is 0.302. The van der Waals surface area contributed by atoms with E-state index in [9.17, 15) is 4.79 Å². The molecule has 0 fully saturated rings. The number of aryl methyl sites for hydroxylation is 2. The van der Waals surface area contributed by atoms with Crippen molar-refractivity contribution < 1.29 is 4.79 Å². The molecule has 0 atom stereocenters. The quantitative estimate of drug-likeness (QED) is 0.736. The first-order chi connectivity index (χ1) is 7.81. The Morgan fingerprint density at radius 3 is 2.69 bits per heavy atom. The lowest BCUT2D eigenvalue weighted by molar-refractivity contribution is -0.114. The molecule has 1 nitrogen and oxygen atoms in total. The van der Waals surface area contributed by atoms with Gasteiger partial charge in [-0.15, -0.1) is 0 Å². The smallest absolute Gasteiger partial charge is 0.155 e. The molecule has 1 aromatic carbocycles. The van der Waals surface area contributed by atoms with Crippen LogP contribution in [0.3, 0.4) is 0 Å². The van der Waals surface area contributed by atoms with Crippen molar-refractivity contribution in [2.24, 2.45) is 0 Å². The van der Waals surface area contributed by atoms with Crippen LogP contribution in [0.25, 0.3) is 0 Å². The number of ketones is 1. The fraction of sp³-hybridized carbons (Fsp3) is 0.400. The molecule has 2 aliphatic carbocycles. The topological polar surface area (TPSA) is 17.1 Å². The summed E-state index contributed by atoms with van der Waals surface area (Å²) >= 11 is 0. The van der Waals surface area contributed by atoms with Gasteiger partial charge in [0.2, 0.25) is 0 Å². The second-order valence-electron chi connectivity index (χ2n) is 4.90. The zero-order valence-electron chi connectivity index (χ0n) is 9.46. The van der Waals surface area contributed by atoms with Gasteiger partial charge in [-0.2, -0.15) is 0 Å². The molecule has 2 aliphatic rings. The van der Waals surface area contributed by atoms with Gasteiger partial charge in [0.25, 0.3) is 0 Å². The van der Waals surface area contributed by atoms with E-state index in [2.05, 4.69) is 18.2 Å². The Morgan fingerprint density at radius 1 is 1.00 bits per heavy atom. The van der Waals surface area contributed by atoms with Gasteiger partial charge in [-0.05, 0) is 54.9 Å². The molecule has 0 bridgehead atoms. The van der Waals surface area contributed by atoms with Crippen molar-refractivity contribution in [2.45, 2.75) is 38.5 Å². The van der Waals surface area contributed by atoms with Gasteiger partial charge in [0, 0.05) is 6.42 Å². The van der Waals surface area contributed by atoms with Crippen LogP contribution < -0.4 is 0 Å². The minimum atomic E-state index is 0.302. The van der Waals surface area contributed by atoms with Gasteiger partial charge < -0.3 is 0 Å². The van der Waals surface area contributed by atoms with Crippen molar-refractivity contribution in [3.05, 3.63) is 46.5 Å². The standard InChI is InChI=1S/C15H16O/c16-15-7-5-12(10-15)8-11-4-6-13-2-1-3-14(13)9-11/h4,6,9-10H,1-3,5,7-8H2. The van der Waals surface area contributed by atoms with E-state index in [1.165, 1.54) is 41.5 Å². The minimum absolute atomic E-state index is 0.302. The Labute approximate surface area is 96.2 Å². The van der Waals surface area contributed by atoms with Gasteiger partial charge in [0.1, 0.15) is 0 Å². The second kappa shape index (κ2) is 3.89. The number of hydrogen-bond acceptors (Lipinski definition) is 1. The fourth-order valence-electron chi connectivity index (χ4n) is 2.79. The molecule has 0 heterocycles. The van der Waals surface area contributed by atoms with Crippen LogP contribution in [0.2, 0.25) is 0 Å². The van der Waals surface area contributed by atoms with Crippen LogP contribution in [0.4, 0.5) is 0 Å². The Bertz CT molecular complexity index is 468. The molecule has 0 saturated heterocycles. The molecule has 0 unspecified atom stereocenters. The molecular weight excluding hydrogens is 196 g/mol. The summed E-state index contributed by atoms with van der Waals surface area (Å²) in [7, 11) is 0. The van der Waals surface area contributed by atoms with Crippen LogP contribution in [0.5, 0.6) is 0 Å². The summed E-state index contributed by atoms with van der Waals surface area (Å²) in [5.41, 5.74) is 5.74. The SMILES string of the molecule is O=C1C=C(Cc2ccc3c(c2)CCC3)CC1. The van der Waals surface area contributed by atoms with Crippen molar-refractivity contribution in [1.29, 1.82) is 0 Å². The average Bonchev–Trinajstić information content (AvgIpc) is 2.87. The highest BCUT2D eigenvalue weighted by atomic mass is 16.1. The third kappa shape index (κ3) is 1.82. The Morgan fingerprint density at radius 2 is 1.88 bits per heavy atom. The zero-order chi connectivity index (χ0) is 11.0. The Hall–Kier alpha value is -1.37. The first kappa shape index (κ1) is 9.83. The fourth-order valence-corrected chi connectivity index (χ4v) is 2.79. The third-order valence-corrected chi connectivity index (χ3v) is 3.65. The Kier molecular flexibility index (Phi) is 2.39. The van der Waals surface area contributed by atoms with Crippen LogP contribution >= 0.6 is 0 Å². The van der Waals surface area contributed by atoms with Crippen LogP contribution in [-0.4, -0.2) is 5.78 Å². The lowest BCUT2D eigenvalue weighted by Crippen LogP contribution is -1.91. The molecule has 0 saturated carbocycles. The number of benzene rings is 1. The van der Waals surface area contributed by atoms with Crippen molar-refractivity contribution >= 4 is 5.78 Å². The predicted octanol–water partition coefficient (Wildman–Crippen LogP) is 3.01. The molecule has 1 heteroatoms. The highest BCUT2D eigenvalue weighted by Crippen LogP contribution is 2.25. The predicted molar refractivity (Wildman–Crippen MR) is 64.5 cm³/mol. The van der Waals surface area contributed by atoms with Gasteiger partial charge in [0.15, 0.2) is 5.78 Å². The monoisotopic (exact) mass is 212 g/mol. The van der Waals surface area contributed by atoms with E-state index < -0.39 is 0 Å². The summed E-state index contributed by atoms with van der Waals surface area (Å²) in [5, 5.41) is 0. The molecule has 0 spiro atoms. The molecule has 3 rings (SSSR count). The van der Waals surface area contributed by atoms with E-state index in [0.29, 0.717) is 5.78 Å². The summed E-state index contributed by atoms with van der Waals surface area (Å²) < 4.78 is 0. The van der Waals surface area contributed by atoms with Gasteiger partial charge in [0.05, 0.1) is 0 Å². The van der Waals surface area contributed by atoms with Crippen molar-refractivity contribution in [3.63, 3.8) is 0 Å². The summed E-state index contributed by atoms with van der Waals surface area (Å²) in [6, 6.07) is 6.84. The van der Waals surface area contributed by atoms with Gasteiger partial charge in [-0.1, -0.05) is 23.8 Å². The number of allylic oxidation sites excluding steroid dienone is 2. The number of carbonyl (C=O) groups is 1. The largest absolute Gasteiger partial charge is 0.295 e. The molecule has 0 N–H and O–H groups in total. The van der Waals surface area contributed by atoms with Gasteiger partial charge >= 0.3 is 0 Å². The molecule has 82 valence electrons. The zero-order valence-corrected chi connectivity index (χ0v) is 9.46. The maximum Gasteiger partial charge on any atom is 0.155 e. The van der Waals surface area contributed by atoms with E-state index in [4.69, 9.17) is 0 Å². The van der Waals surface area contributed by atoms with E-state index >= 15 is 0 Å². The first-order valence-corrected chi connectivity index (χ1v) is 6.14. The lowest BCUT2D eigenvalue weighted by atomic mass is 10.0. The van der Waals surface area contributed by atoms with Crippen LogP contribution in [0.1, 0.15) is 36.0 Å². The Balaban J connectivity index is 1.80. The minimum Gasteiger partial charge on any atom is -0.295 e. The van der Waals surface area contributed by atoms with Gasteiger partial charge in [-0.3, -0.25) is 4.79 Å². The molecule has 0 amide bonds. The second-order valence-corrected chi connectivity index (χ2v) is 4.90. The number of fused-ring (bicyclic) bond motifs is 1. The van der Waals surface area contributed by atoms with E-state index in [1.54, 1.807) is 0 Å². The van der Waals surface area contributed by atoms with E-state index in [1.807, 2.05) is 6.08 Å². The van der Waals surface area contributed by atoms with Crippen LogP contribution in [-0.2, 0) is 24.1 Å². The molecule has 1 aromatic rings. The third-order valence-electron chi connectivity index (χ3n) is 3.65. The van der Waals surface area contributed by atoms with Crippen LogP contribution in [0.15, 0.2) is 29.8 Å². The first-order valence-electron chi connectivity index (χ1n) is 6.14. The normalized spacial score (nSPS) is 18.8. The summed E-state index contributed by atoms with van der Waals surface area (Å²) in [6.45, 7) is 0. The van der Waals surface area contributed by atoms with Crippen LogP contribution in [0, 0.1) is 0 Å². The number of carbonyl (C=O) groups excluding carboxylic acids is 1.